The number of carbonyl (C=O) groups is 2. The van der Waals surface area contributed by atoms with Crippen LogP contribution in [0.3, 0.4) is 0 Å². The number of aromatic nitrogens is 1. The average molecular weight is 440 g/mol. The van der Waals surface area contributed by atoms with Gasteiger partial charge < -0.3 is 15.1 Å². The van der Waals surface area contributed by atoms with Gasteiger partial charge in [-0.3, -0.25) is 14.6 Å². The first-order valence-electron chi connectivity index (χ1n) is 10.4. The molecule has 1 aromatic carbocycles. The van der Waals surface area contributed by atoms with E-state index in [1.165, 1.54) is 16.7 Å². The molecule has 1 atom stereocenters. The number of amides is 2. The first-order valence-corrected chi connectivity index (χ1v) is 11.5. The minimum absolute atomic E-state index is 0.168. The number of hydrogen-bond acceptors (Lipinski definition) is 6. The van der Waals surface area contributed by atoms with E-state index in [0.29, 0.717) is 41.2 Å². The molecule has 2 aromatic rings. The summed E-state index contributed by atoms with van der Waals surface area (Å²) in [6, 6.07) is 8.89. The zero-order chi connectivity index (χ0) is 21.6. The average Bonchev–Trinajstić information content (AvgIpc) is 3.51. The van der Waals surface area contributed by atoms with E-state index in [-0.39, 0.29) is 24.3 Å². The quantitative estimate of drug-likeness (QED) is 0.769. The van der Waals surface area contributed by atoms with Crippen LogP contribution >= 0.6 is 11.8 Å². The highest BCUT2D eigenvalue weighted by Crippen LogP contribution is 2.48. The molecule has 2 aliphatic heterocycles. The molecule has 31 heavy (non-hydrogen) atoms. The highest BCUT2D eigenvalue weighted by atomic mass is 32.2. The van der Waals surface area contributed by atoms with Crippen molar-refractivity contribution >= 4 is 40.2 Å². The van der Waals surface area contributed by atoms with Crippen LogP contribution in [0.15, 0.2) is 30.5 Å². The smallest absolute Gasteiger partial charge is 0.252 e. The Bertz CT molecular complexity index is 1090. The molecule has 1 N–H and O–H groups in total. The number of nitrogens with zero attached hydrogens (tertiary/aromatic N) is 4. The lowest BCUT2D eigenvalue weighted by Gasteiger charge is -2.46. The number of hydrogen-bond donors (Lipinski definition) is 1. The summed E-state index contributed by atoms with van der Waals surface area (Å²) >= 11 is 1.52. The van der Waals surface area contributed by atoms with Crippen LogP contribution in [0.4, 0.5) is 10.1 Å². The summed E-state index contributed by atoms with van der Waals surface area (Å²) in [5.41, 5.74) is 0.865. The second kappa shape index (κ2) is 7.68. The number of fused-ring (bicyclic) bond motifs is 1. The van der Waals surface area contributed by atoms with Crippen molar-refractivity contribution in [3.8, 4) is 6.07 Å². The van der Waals surface area contributed by atoms with Crippen LogP contribution in [0.2, 0.25) is 0 Å². The highest BCUT2D eigenvalue weighted by Gasteiger charge is 2.54. The van der Waals surface area contributed by atoms with Crippen LogP contribution in [0.25, 0.3) is 10.9 Å². The third-order valence-electron chi connectivity index (χ3n) is 6.30. The fourth-order valence-electron chi connectivity index (χ4n) is 4.31. The Balaban J connectivity index is 1.30. The summed E-state index contributed by atoms with van der Waals surface area (Å²) in [7, 11) is 0. The van der Waals surface area contributed by atoms with E-state index in [4.69, 9.17) is 5.26 Å². The number of alkyl halides is 1. The lowest BCUT2D eigenvalue weighted by Crippen LogP contribution is -2.60. The summed E-state index contributed by atoms with van der Waals surface area (Å²) in [6.45, 7) is 0.597. The predicted molar refractivity (Wildman–Crippen MR) is 116 cm³/mol. The maximum atomic E-state index is 14.7. The molecule has 7 nitrogen and oxygen atoms in total. The second-order valence-electron chi connectivity index (χ2n) is 8.42. The number of nitriles is 1. The second-order valence-corrected chi connectivity index (χ2v) is 9.42. The highest BCUT2D eigenvalue weighted by molar-refractivity contribution is 7.99. The maximum absolute atomic E-state index is 14.7. The van der Waals surface area contributed by atoms with Gasteiger partial charge in [0.1, 0.15) is 11.7 Å². The van der Waals surface area contributed by atoms with Crippen LogP contribution < -0.4 is 10.2 Å². The van der Waals surface area contributed by atoms with Crippen molar-refractivity contribution < 1.29 is 14.0 Å². The normalized spacial score (nSPS) is 22.1. The summed E-state index contributed by atoms with van der Waals surface area (Å²) < 4.78 is 14.7. The minimum Gasteiger partial charge on any atom is -0.365 e. The Morgan fingerprint density at radius 1 is 1.32 bits per heavy atom. The molecule has 3 aliphatic rings. The number of thioether (sulfide) groups is 1. The van der Waals surface area contributed by atoms with E-state index in [0.717, 1.165) is 18.5 Å². The molecule has 2 saturated heterocycles. The Hall–Kier alpha value is -2.86. The first-order chi connectivity index (χ1) is 15.0. The molecule has 5 rings (SSSR count). The van der Waals surface area contributed by atoms with E-state index in [2.05, 4.69) is 16.4 Å². The zero-order valence-electron chi connectivity index (χ0n) is 16.9. The summed E-state index contributed by atoms with van der Waals surface area (Å²) in [5, 5.41) is 12.5. The molecule has 0 bridgehead atoms. The molecule has 1 saturated carbocycles. The van der Waals surface area contributed by atoms with Gasteiger partial charge in [0.25, 0.3) is 5.91 Å². The van der Waals surface area contributed by atoms with Crippen molar-refractivity contribution in [2.24, 2.45) is 5.92 Å². The molecular weight excluding hydrogens is 417 g/mol. The van der Waals surface area contributed by atoms with Crippen molar-refractivity contribution in [3.63, 3.8) is 0 Å². The van der Waals surface area contributed by atoms with Crippen molar-refractivity contribution in [3.05, 3.63) is 36.0 Å². The molecular formula is C22H22FN5O2S. The third-order valence-corrected chi connectivity index (χ3v) is 7.32. The number of rotatable bonds is 5. The molecule has 2 amide bonds. The molecule has 1 unspecified atom stereocenters. The molecule has 9 heteroatoms. The third kappa shape index (κ3) is 3.69. The van der Waals surface area contributed by atoms with E-state index in [1.54, 1.807) is 12.3 Å². The van der Waals surface area contributed by atoms with Crippen molar-refractivity contribution in [2.45, 2.75) is 24.6 Å². The van der Waals surface area contributed by atoms with Crippen LogP contribution in [0.5, 0.6) is 0 Å². The fraction of sp³-hybridized carbons (Fsp3) is 0.455. The number of benzene rings is 1. The van der Waals surface area contributed by atoms with E-state index in [9.17, 15) is 14.0 Å². The number of halogens is 1. The number of pyridine rings is 1. The van der Waals surface area contributed by atoms with Gasteiger partial charge in [-0.05, 0) is 43.0 Å². The molecule has 3 fully saturated rings. The van der Waals surface area contributed by atoms with Gasteiger partial charge in [0.2, 0.25) is 5.91 Å². The molecule has 0 spiro atoms. The lowest BCUT2D eigenvalue weighted by molar-refractivity contribution is -0.129. The molecule has 160 valence electrons. The number of anilines is 1. The molecule has 1 aliphatic carbocycles. The minimum atomic E-state index is -1.08. The summed E-state index contributed by atoms with van der Waals surface area (Å²) in [5.74, 6) is 0.593. The lowest BCUT2D eigenvalue weighted by atomic mass is 9.90. The largest absolute Gasteiger partial charge is 0.365 e. The van der Waals surface area contributed by atoms with Crippen molar-refractivity contribution in [1.29, 1.82) is 5.26 Å². The van der Waals surface area contributed by atoms with Crippen LogP contribution in [0, 0.1) is 17.2 Å². The first kappa shape index (κ1) is 20.1. The topological polar surface area (TPSA) is 89.3 Å². The van der Waals surface area contributed by atoms with E-state index in [1.807, 2.05) is 23.1 Å². The number of nitrogens with one attached hydrogen (secondary N) is 1. The Labute approximate surface area is 183 Å². The summed E-state index contributed by atoms with van der Waals surface area (Å²) in [6.07, 6.45) is 3.51. The zero-order valence-corrected chi connectivity index (χ0v) is 17.7. The van der Waals surface area contributed by atoms with E-state index >= 15 is 0 Å². The van der Waals surface area contributed by atoms with Crippen LogP contribution in [-0.4, -0.2) is 64.7 Å². The van der Waals surface area contributed by atoms with Crippen LogP contribution in [0.1, 0.15) is 23.2 Å². The van der Waals surface area contributed by atoms with E-state index < -0.39 is 11.7 Å². The summed E-state index contributed by atoms with van der Waals surface area (Å²) in [4.78, 5) is 33.1. The van der Waals surface area contributed by atoms with Crippen LogP contribution in [-0.2, 0) is 4.79 Å². The van der Waals surface area contributed by atoms with Gasteiger partial charge >= 0.3 is 0 Å². The standard InChI is InChI=1S/C22H22FN5O2S/c23-22(14-1-2-14)11-27(12-22)15-3-4-19-18(7-15)17(5-6-25-19)21(30)26-9-20(29)28-13-31-10-16(28)8-24/h3-7,14,16H,1-2,9-13H2,(H,26,30). The van der Waals surface area contributed by atoms with Gasteiger partial charge in [-0.25, -0.2) is 4.39 Å². The SMILES string of the molecule is N#CC1CSCN1C(=O)CNC(=O)c1ccnc2ccc(N3CC(F)(C4CC4)C3)cc12. The van der Waals surface area contributed by atoms with Gasteiger partial charge in [0, 0.05) is 23.0 Å². The van der Waals surface area contributed by atoms with Gasteiger partial charge in [0.15, 0.2) is 0 Å². The fourth-order valence-corrected chi connectivity index (χ4v) is 5.41. The predicted octanol–water partition coefficient (Wildman–Crippen LogP) is 2.33. The number of carbonyl (C=O) groups excluding carboxylic acids is 2. The molecule has 0 radical (unpaired) electrons. The Morgan fingerprint density at radius 2 is 2.13 bits per heavy atom. The van der Waals surface area contributed by atoms with Gasteiger partial charge in [0.05, 0.1) is 42.7 Å². The molecule has 1 aromatic heterocycles. The maximum Gasteiger partial charge on any atom is 0.252 e. The van der Waals surface area contributed by atoms with Crippen molar-refractivity contribution in [2.75, 3.05) is 36.2 Å². The molecule has 3 heterocycles. The van der Waals surface area contributed by atoms with Crippen molar-refractivity contribution in [1.82, 2.24) is 15.2 Å². The van der Waals surface area contributed by atoms with Gasteiger partial charge in [-0.1, -0.05) is 0 Å². The van der Waals surface area contributed by atoms with Gasteiger partial charge in [-0.15, -0.1) is 11.8 Å². The Kier molecular flexibility index (Phi) is 4.97. The van der Waals surface area contributed by atoms with Gasteiger partial charge in [-0.2, -0.15) is 5.26 Å². The Morgan fingerprint density at radius 3 is 2.87 bits per heavy atom. The monoisotopic (exact) mass is 439 g/mol.